The number of hydrogen-bond donors (Lipinski definition) is 1. The standard InChI is InChI=1S/C18H17FN2/c1-18(20,15-7-3-4-8-16(15)19)12-13-10-11-21-17-9-5-2-6-14(13)17/h2-11H,12,20H2,1H3. The zero-order chi connectivity index (χ0) is 14.9. The van der Waals surface area contributed by atoms with Gasteiger partial charge in [-0.2, -0.15) is 0 Å². The molecule has 0 saturated heterocycles. The molecular weight excluding hydrogens is 263 g/mol. The minimum absolute atomic E-state index is 0.263. The summed E-state index contributed by atoms with van der Waals surface area (Å²) in [7, 11) is 0. The predicted octanol–water partition coefficient (Wildman–Crippen LogP) is 3.79. The quantitative estimate of drug-likeness (QED) is 0.792. The lowest BCUT2D eigenvalue weighted by atomic mass is 9.85. The lowest BCUT2D eigenvalue weighted by Gasteiger charge is -2.26. The van der Waals surface area contributed by atoms with E-state index >= 15 is 0 Å². The van der Waals surface area contributed by atoms with Crippen LogP contribution in [0.15, 0.2) is 60.8 Å². The molecule has 0 bridgehead atoms. The van der Waals surface area contributed by atoms with Crippen molar-refractivity contribution in [1.29, 1.82) is 0 Å². The average Bonchev–Trinajstić information content (AvgIpc) is 2.47. The molecule has 0 aliphatic carbocycles. The Labute approximate surface area is 123 Å². The molecule has 106 valence electrons. The van der Waals surface area contributed by atoms with Gasteiger partial charge < -0.3 is 5.73 Å². The van der Waals surface area contributed by atoms with E-state index in [1.165, 1.54) is 6.07 Å². The maximum Gasteiger partial charge on any atom is 0.128 e. The summed E-state index contributed by atoms with van der Waals surface area (Å²) in [5.74, 6) is -0.263. The van der Waals surface area contributed by atoms with Crippen molar-refractivity contribution >= 4 is 10.9 Å². The molecule has 1 heterocycles. The lowest BCUT2D eigenvalue weighted by Crippen LogP contribution is -2.36. The highest BCUT2D eigenvalue weighted by Gasteiger charge is 2.25. The van der Waals surface area contributed by atoms with Crippen LogP contribution in [0.4, 0.5) is 4.39 Å². The van der Waals surface area contributed by atoms with Gasteiger partial charge in [-0.3, -0.25) is 4.98 Å². The number of nitrogens with zero attached hydrogens (tertiary/aromatic N) is 1. The SMILES string of the molecule is CC(N)(Cc1ccnc2ccccc12)c1ccccc1F. The summed E-state index contributed by atoms with van der Waals surface area (Å²) in [5.41, 5.74) is 8.17. The normalized spacial score (nSPS) is 14.0. The van der Waals surface area contributed by atoms with Crippen LogP contribution in [0.25, 0.3) is 10.9 Å². The van der Waals surface area contributed by atoms with Crippen molar-refractivity contribution in [3.05, 3.63) is 77.7 Å². The summed E-state index contributed by atoms with van der Waals surface area (Å²) < 4.78 is 14.0. The third kappa shape index (κ3) is 2.65. The highest BCUT2D eigenvalue weighted by molar-refractivity contribution is 5.82. The van der Waals surface area contributed by atoms with Gasteiger partial charge in [0.2, 0.25) is 0 Å². The Bertz CT molecular complexity index is 776. The smallest absolute Gasteiger partial charge is 0.128 e. The first kappa shape index (κ1) is 13.7. The van der Waals surface area contributed by atoms with Gasteiger partial charge in [-0.15, -0.1) is 0 Å². The van der Waals surface area contributed by atoms with Gasteiger partial charge in [0, 0.05) is 22.7 Å². The second-order valence-electron chi connectivity index (χ2n) is 5.56. The third-order valence-corrected chi connectivity index (χ3v) is 3.79. The minimum atomic E-state index is -0.768. The van der Waals surface area contributed by atoms with Gasteiger partial charge in [-0.1, -0.05) is 36.4 Å². The maximum absolute atomic E-state index is 14.0. The first-order valence-electron chi connectivity index (χ1n) is 6.94. The van der Waals surface area contributed by atoms with E-state index in [-0.39, 0.29) is 5.82 Å². The van der Waals surface area contributed by atoms with Crippen LogP contribution >= 0.6 is 0 Å². The zero-order valence-electron chi connectivity index (χ0n) is 11.9. The van der Waals surface area contributed by atoms with Gasteiger partial charge in [-0.05, 0) is 37.1 Å². The molecular formula is C18H17FN2. The molecule has 0 saturated carbocycles. The molecule has 0 spiro atoms. The number of nitrogens with two attached hydrogens (primary N) is 1. The molecule has 2 nitrogen and oxygen atoms in total. The van der Waals surface area contributed by atoms with Crippen LogP contribution in [0.5, 0.6) is 0 Å². The fourth-order valence-corrected chi connectivity index (χ4v) is 2.72. The van der Waals surface area contributed by atoms with Crippen LogP contribution in [-0.2, 0) is 12.0 Å². The Morgan fingerprint density at radius 1 is 1.05 bits per heavy atom. The molecule has 0 aliphatic heterocycles. The predicted molar refractivity (Wildman–Crippen MR) is 83.4 cm³/mol. The van der Waals surface area contributed by atoms with Crippen LogP contribution in [0, 0.1) is 5.82 Å². The molecule has 0 aliphatic rings. The highest BCUT2D eigenvalue weighted by Crippen LogP contribution is 2.27. The molecule has 0 amide bonds. The Kier molecular flexibility index (Phi) is 3.43. The number of halogens is 1. The van der Waals surface area contributed by atoms with Crippen molar-refractivity contribution in [2.24, 2.45) is 5.73 Å². The van der Waals surface area contributed by atoms with Crippen LogP contribution in [0.1, 0.15) is 18.1 Å². The number of fused-ring (bicyclic) bond motifs is 1. The second-order valence-corrected chi connectivity index (χ2v) is 5.56. The summed E-state index contributed by atoms with van der Waals surface area (Å²) >= 11 is 0. The van der Waals surface area contributed by atoms with Gasteiger partial charge in [0.25, 0.3) is 0 Å². The van der Waals surface area contributed by atoms with E-state index in [1.54, 1.807) is 18.3 Å². The van der Waals surface area contributed by atoms with E-state index in [0.717, 1.165) is 16.5 Å². The summed E-state index contributed by atoms with van der Waals surface area (Å²) in [4.78, 5) is 4.35. The summed E-state index contributed by atoms with van der Waals surface area (Å²) in [5, 5.41) is 1.06. The number of pyridine rings is 1. The molecule has 21 heavy (non-hydrogen) atoms. The van der Waals surface area contributed by atoms with E-state index < -0.39 is 5.54 Å². The summed E-state index contributed by atoms with van der Waals surface area (Å²) in [6.07, 6.45) is 2.33. The number of rotatable bonds is 3. The largest absolute Gasteiger partial charge is 0.321 e. The van der Waals surface area contributed by atoms with Gasteiger partial charge in [-0.25, -0.2) is 4.39 Å². The Morgan fingerprint density at radius 3 is 2.57 bits per heavy atom. The Morgan fingerprint density at radius 2 is 1.76 bits per heavy atom. The second kappa shape index (κ2) is 5.26. The molecule has 1 unspecified atom stereocenters. The molecule has 2 aromatic carbocycles. The maximum atomic E-state index is 14.0. The van der Waals surface area contributed by atoms with Crippen molar-refractivity contribution < 1.29 is 4.39 Å². The van der Waals surface area contributed by atoms with E-state index in [0.29, 0.717) is 12.0 Å². The van der Waals surface area contributed by atoms with Gasteiger partial charge in [0.05, 0.1) is 5.52 Å². The minimum Gasteiger partial charge on any atom is -0.321 e. The van der Waals surface area contributed by atoms with Crippen LogP contribution in [0.3, 0.4) is 0 Å². The molecule has 3 rings (SSSR count). The van der Waals surface area contributed by atoms with E-state index in [2.05, 4.69) is 4.98 Å². The van der Waals surface area contributed by atoms with Crippen LogP contribution < -0.4 is 5.73 Å². The van der Waals surface area contributed by atoms with Crippen molar-refractivity contribution in [2.75, 3.05) is 0 Å². The molecule has 2 N–H and O–H groups in total. The Balaban J connectivity index is 2.04. The molecule has 0 radical (unpaired) electrons. The summed E-state index contributed by atoms with van der Waals surface area (Å²) in [6, 6.07) is 16.6. The van der Waals surface area contributed by atoms with Gasteiger partial charge in [0.1, 0.15) is 5.82 Å². The lowest BCUT2D eigenvalue weighted by molar-refractivity contribution is 0.458. The molecule has 0 fully saturated rings. The first-order valence-corrected chi connectivity index (χ1v) is 6.94. The number of aromatic nitrogens is 1. The zero-order valence-corrected chi connectivity index (χ0v) is 11.9. The third-order valence-electron chi connectivity index (χ3n) is 3.79. The number of hydrogen-bond acceptors (Lipinski definition) is 2. The number of benzene rings is 2. The molecule has 1 aromatic heterocycles. The molecule has 3 aromatic rings. The van der Waals surface area contributed by atoms with Gasteiger partial charge in [0.15, 0.2) is 0 Å². The van der Waals surface area contributed by atoms with E-state index in [4.69, 9.17) is 5.73 Å². The van der Waals surface area contributed by atoms with Crippen LogP contribution in [0.2, 0.25) is 0 Å². The monoisotopic (exact) mass is 280 g/mol. The van der Waals surface area contributed by atoms with E-state index in [9.17, 15) is 4.39 Å². The fraction of sp³-hybridized carbons (Fsp3) is 0.167. The van der Waals surface area contributed by atoms with Crippen LogP contribution in [-0.4, -0.2) is 4.98 Å². The topological polar surface area (TPSA) is 38.9 Å². The molecule has 1 atom stereocenters. The fourth-order valence-electron chi connectivity index (χ4n) is 2.72. The summed E-state index contributed by atoms with van der Waals surface area (Å²) in [6.45, 7) is 1.86. The number of para-hydroxylation sites is 1. The van der Waals surface area contributed by atoms with Crippen molar-refractivity contribution in [2.45, 2.75) is 18.9 Å². The van der Waals surface area contributed by atoms with E-state index in [1.807, 2.05) is 43.3 Å². The van der Waals surface area contributed by atoms with Crippen molar-refractivity contribution in [1.82, 2.24) is 4.98 Å². The van der Waals surface area contributed by atoms with Gasteiger partial charge >= 0.3 is 0 Å². The first-order chi connectivity index (χ1) is 10.1. The van der Waals surface area contributed by atoms with Crippen molar-refractivity contribution in [3.63, 3.8) is 0 Å². The van der Waals surface area contributed by atoms with Crippen molar-refractivity contribution in [3.8, 4) is 0 Å². The average molecular weight is 280 g/mol. The molecule has 3 heteroatoms. The Hall–Kier alpha value is -2.26. The highest BCUT2D eigenvalue weighted by atomic mass is 19.1.